The van der Waals surface area contributed by atoms with Gasteiger partial charge in [-0.25, -0.2) is 0 Å². The summed E-state index contributed by atoms with van der Waals surface area (Å²) in [6.45, 7) is 10.2. The van der Waals surface area contributed by atoms with Crippen molar-refractivity contribution >= 4 is 23.2 Å². The Bertz CT molecular complexity index is 376. The lowest BCUT2D eigenvalue weighted by Gasteiger charge is -2.17. The zero-order valence-electron chi connectivity index (χ0n) is 11.5. The average Bonchev–Trinajstić information content (AvgIpc) is 2.19. The molecule has 0 aliphatic carbocycles. The highest BCUT2D eigenvalue weighted by Crippen LogP contribution is 2.33. The Hall–Kier alpha value is -0.440. The Morgan fingerprint density at radius 3 is 2.22 bits per heavy atom. The van der Waals surface area contributed by atoms with Crippen LogP contribution >= 0.6 is 23.2 Å². The maximum Gasteiger partial charge on any atom is 0.156 e. The first kappa shape index (κ1) is 15.6. The summed E-state index contributed by atoms with van der Waals surface area (Å²) in [6, 6.07) is 3.73. The van der Waals surface area contributed by atoms with Crippen molar-refractivity contribution in [1.82, 2.24) is 0 Å². The van der Waals surface area contributed by atoms with Crippen molar-refractivity contribution in [3.63, 3.8) is 0 Å². The van der Waals surface area contributed by atoms with E-state index in [-0.39, 0.29) is 5.54 Å². The Balaban J connectivity index is 2.41. The van der Waals surface area contributed by atoms with E-state index < -0.39 is 0 Å². The molecule has 0 atom stereocenters. The molecule has 102 valence electrons. The summed E-state index contributed by atoms with van der Waals surface area (Å²) in [6.07, 6.45) is 0.970. The summed E-state index contributed by atoms with van der Waals surface area (Å²) < 4.78 is 5.65. The smallest absolute Gasteiger partial charge is 0.156 e. The third-order valence-corrected chi connectivity index (χ3v) is 3.06. The van der Waals surface area contributed by atoms with Crippen LogP contribution in [0.2, 0.25) is 10.0 Å². The number of aryl methyl sites for hydroxylation is 1. The minimum Gasteiger partial charge on any atom is -0.490 e. The summed E-state index contributed by atoms with van der Waals surface area (Å²) in [5.41, 5.74) is 1.30. The standard InChI is InChI=1S/C14H21Cl2NO/c1-10-8-11(15)13(12(16)9-10)18-7-5-6-17-14(2,3)4/h8-9,17H,5-7H2,1-4H3/p+1. The minimum absolute atomic E-state index is 0.263. The summed E-state index contributed by atoms with van der Waals surface area (Å²) in [7, 11) is 0. The SMILES string of the molecule is Cc1cc(Cl)c(OCCC[NH2+]C(C)(C)C)c(Cl)c1. The number of hydrogen-bond donors (Lipinski definition) is 1. The Kier molecular flexibility index (Phi) is 5.77. The van der Waals surface area contributed by atoms with Gasteiger partial charge in [-0.2, -0.15) is 0 Å². The lowest BCUT2D eigenvalue weighted by atomic mass is 10.1. The summed E-state index contributed by atoms with van der Waals surface area (Å²) >= 11 is 12.2. The molecule has 0 bridgehead atoms. The molecule has 1 aromatic rings. The van der Waals surface area contributed by atoms with Crippen LogP contribution in [0.4, 0.5) is 0 Å². The monoisotopic (exact) mass is 290 g/mol. The van der Waals surface area contributed by atoms with Crippen molar-refractivity contribution in [3.8, 4) is 5.75 Å². The van der Waals surface area contributed by atoms with E-state index in [0.717, 1.165) is 18.5 Å². The normalized spacial score (nSPS) is 11.7. The van der Waals surface area contributed by atoms with Gasteiger partial charge in [0.2, 0.25) is 0 Å². The molecule has 0 aromatic heterocycles. The van der Waals surface area contributed by atoms with E-state index in [4.69, 9.17) is 27.9 Å². The molecule has 2 nitrogen and oxygen atoms in total. The summed E-state index contributed by atoms with van der Waals surface area (Å²) in [5, 5.41) is 3.47. The minimum atomic E-state index is 0.263. The topological polar surface area (TPSA) is 25.8 Å². The molecule has 0 fully saturated rings. The highest BCUT2D eigenvalue weighted by Gasteiger charge is 2.12. The second-order valence-electron chi connectivity index (χ2n) is 5.62. The van der Waals surface area contributed by atoms with E-state index in [2.05, 4.69) is 26.1 Å². The number of hydrogen-bond acceptors (Lipinski definition) is 1. The van der Waals surface area contributed by atoms with E-state index in [1.807, 2.05) is 19.1 Å². The van der Waals surface area contributed by atoms with Gasteiger partial charge in [-0.3, -0.25) is 0 Å². The molecule has 0 unspecified atom stereocenters. The molecule has 4 heteroatoms. The second-order valence-corrected chi connectivity index (χ2v) is 6.43. The lowest BCUT2D eigenvalue weighted by Crippen LogP contribution is -2.94. The van der Waals surface area contributed by atoms with Crippen molar-refractivity contribution in [2.75, 3.05) is 13.2 Å². The fourth-order valence-electron chi connectivity index (χ4n) is 1.62. The average molecular weight is 291 g/mol. The molecule has 0 aliphatic heterocycles. The lowest BCUT2D eigenvalue weighted by molar-refractivity contribution is -0.717. The van der Waals surface area contributed by atoms with Gasteiger partial charge in [0.15, 0.2) is 5.75 Å². The first-order valence-corrected chi connectivity index (χ1v) is 6.98. The van der Waals surface area contributed by atoms with Crippen molar-refractivity contribution in [2.45, 2.75) is 39.7 Å². The van der Waals surface area contributed by atoms with Crippen LogP contribution in [0.1, 0.15) is 32.8 Å². The van der Waals surface area contributed by atoms with Crippen LogP contribution in [-0.4, -0.2) is 18.7 Å². The molecule has 0 aliphatic rings. The molecule has 0 spiro atoms. The van der Waals surface area contributed by atoms with E-state index in [9.17, 15) is 0 Å². The van der Waals surface area contributed by atoms with Gasteiger partial charge in [0, 0.05) is 6.42 Å². The van der Waals surface area contributed by atoms with Crippen LogP contribution in [0, 0.1) is 6.92 Å². The van der Waals surface area contributed by atoms with Crippen LogP contribution in [0.25, 0.3) is 0 Å². The van der Waals surface area contributed by atoms with Crippen LogP contribution in [-0.2, 0) is 0 Å². The second kappa shape index (κ2) is 6.65. The van der Waals surface area contributed by atoms with Crippen LogP contribution < -0.4 is 10.1 Å². The third kappa shape index (κ3) is 5.47. The van der Waals surface area contributed by atoms with Crippen molar-refractivity contribution in [2.24, 2.45) is 0 Å². The zero-order chi connectivity index (χ0) is 13.8. The van der Waals surface area contributed by atoms with Gasteiger partial charge in [-0.15, -0.1) is 0 Å². The van der Waals surface area contributed by atoms with Crippen molar-refractivity contribution in [3.05, 3.63) is 27.7 Å². The first-order chi connectivity index (χ1) is 8.29. The number of benzene rings is 1. The van der Waals surface area contributed by atoms with Gasteiger partial charge in [0.25, 0.3) is 0 Å². The first-order valence-electron chi connectivity index (χ1n) is 6.22. The van der Waals surface area contributed by atoms with Crippen LogP contribution in [0.15, 0.2) is 12.1 Å². The quantitative estimate of drug-likeness (QED) is 0.826. The van der Waals surface area contributed by atoms with E-state index in [0.29, 0.717) is 22.4 Å². The Morgan fingerprint density at radius 2 is 1.72 bits per heavy atom. The molecule has 0 saturated heterocycles. The van der Waals surface area contributed by atoms with E-state index in [1.54, 1.807) is 0 Å². The van der Waals surface area contributed by atoms with Crippen LogP contribution in [0.5, 0.6) is 5.75 Å². The highest BCUT2D eigenvalue weighted by molar-refractivity contribution is 6.37. The number of nitrogens with two attached hydrogens (primary N) is 1. The van der Waals surface area contributed by atoms with Gasteiger partial charge in [-0.1, -0.05) is 23.2 Å². The highest BCUT2D eigenvalue weighted by atomic mass is 35.5. The van der Waals surface area contributed by atoms with Crippen LogP contribution in [0.3, 0.4) is 0 Å². The Labute approximate surface area is 120 Å². The van der Waals surface area contributed by atoms with E-state index in [1.165, 1.54) is 0 Å². The Morgan fingerprint density at radius 1 is 1.17 bits per heavy atom. The maximum absolute atomic E-state index is 6.10. The fourth-order valence-corrected chi connectivity index (χ4v) is 2.32. The molecule has 0 saturated carbocycles. The summed E-state index contributed by atoms with van der Waals surface area (Å²) in [5.74, 6) is 0.597. The molecule has 0 amide bonds. The molecule has 1 aromatic carbocycles. The van der Waals surface area contributed by atoms with Crippen molar-refractivity contribution < 1.29 is 10.1 Å². The molecule has 18 heavy (non-hydrogen) atoms. The van der Waals surface area contributed by atoms with Gasteiger partial charge in [0.05, 0.1) is 28.7 Å². The predicted octanol–water partition coefficient (Wildman–Crippen LogP) is 3.43. The molecule has 0 heterocycles. The zero-order valence-corrected chi connectivity index (χ0v) is 13.0. The summed E-state index contributed by atoms with van der Waals surface area (Å²) in [4.78, 5) is 0. The number of rotatable bonds is 5. The number of halogens is 2. The molecule has 0 radical (unpaired) electrons. The fraction of sp³-hybridized carbons (Fsp3) is 0.571. The molecule has 1 rings (SSSR count). The van der Waals surface area contributed by atoms with Gasteiger partial charge >= 0.3 is 0 Å². The number of quaternary nitrogens is 1. The van der Waals surface area contributed by atoms with Gasteiger partial charge < -0.3 is 10.1 Å². The molecular weight excluding hydrogens is 269 g/mol. The number of ether oxygens (including phenoxy) is 1. The third-order valence-electron chi connectivity index (χ3n) is 2.49. The van der Waals surface area contributed by atoms with Gasteiger partial charge in [-0.05, 0) is 45.4 Å². The maximum atomic E-state index is 6.10. The van der Waals surface area contributed by atoms with E-state index >= 15 is 0 Å². The molecule has 2 N–H and O–H groups in total. The largest absolute Gasteiger partial charge is 0.490 e. The van der Waals surface area contributed by atoms with Gasteiger partial charge in [0.1, 0.15) is 0 Å². The molecular formula is C14H22Cl2NO+. The van der Waals surface area contributed by atoms with Crippen molar-refractivity contribution in [1.29, 1.82) is 0 Å². The predicted molar refractivity (Wildman–Crippen MR) is 77.9 cm³/mol.